The molecule has 242 valence electrons. The lowest BCUT2D eigenvalue weighted by Gasteiger charge is -2.17. The topological polar surface area (TPSA) is 3.24 Å². The molecule has 0 unspecified atom stereocenters. The maximum atomic E-state index is 4.01. The molecule has 0 atom stereocenters. The maximum Gasteiger partial charge on any atom is 0.0178 e. The average Bonchev–Trinajstić information content (AvgIpc) is 3.70. The number of unbranched alkanes of at least 4 members (excludes halogenated alkanes) is 1. The number of hydrogen-bond acceptors (Lipinski definition) is 1. The number of nitrogens with zero attached hydrogens (tertiary/aromatic N) is 1. The molecular formula is C43H65N. The predicted molar refractivity (Wildman–Crippen MR) is 201 cm³/mol. The Morgan fingerprint density at radius 3 is 2.00 bits per heavy atom. The standard InChI is InChI=1S/C14H22.C12H16.C9H17N.C8H10/c1-4-8-13(9-5-2)14-11-7-6-10-12(14)3;1-5-11-8-12(9(2)3)7-6-10(11)4;1-3-4-7-10-8-5-6-9(10)2;1-7(2)8-5-3-4-6-8/h6-7,10-11,13H,4-5,8-9H2,1-3H3;6-8H,2,5H2,1,3-4H3;2-8H2,1H3;3-5H,1,6H2,2H3. The van der Waals surface area contributed by atoms with Crippen molar-refractivity contribution in [2.75, 3.05) is 13.1 Å². The van der Waals surface area contributed by atoms with Crippen LogP contribution >= 0.6 is 0 Å². The Hall–Kier alpha value is -3.06. The van der Waals surface area contributed by atoms with Gasteiger partial charge in [0, 0.05) is 18.8 Å². The smallest absolute Gasteiger partial charge is 0.0178 e. The van der Waals surface area contributed by atoms with Crippen molar-refractivity contribution in [3.05, 3.63) is 125 Å². The van der Waals surface area contributed by atoms with E-state index in [0.717, 1.165) is 24.3 Å². The summed E-state index contributed by atoms with van der Waals surface area (Å²) in [5, 5.41) is 0. The summed E-state index contributed by atoms with van der Waals surface area (Å²) in [6, 6.07) is 15.4. The molecule has 0 radical (unpaired) electrons. The molecule has 1 aliphatic carbocycles. The van der Waals surface area contributed by atoms with Gasteiger partial charge in [-0.2, -0.15) is 0 Å². The summed E-state index contributed by atoms with van der Waals surface area (Å²) in [6.07, 6.45) is 18.9. The first kappa shape index (κ1) is 39.0. The molecule has 1 aliphatic heterocycles. The minimum absolute atomic E-state index is 0.784. The number of benzene rings is 2. The van der Waals surface area contributed by atoms with Crippen molar-refractivity contribution >= 4 is 5.57 Å². The molecule has 0 aromatic heterocycles. The Morgan fingerprint density at radius 2 is 1.55 bits per heavy atom. The van der Waals surface area contributed by atoms with Crippen LogP contribution in [0.3, 0.4) is 0 Å². The minimum Gasteiger partial charge on any atom is -0.375 e. The molecule has 1 heteroatoms. The first-order valence-electron chi connectivity index (χ1n) is 17.3. The maximum absolute atomic E-state index is 4.01. The van der Waals surface area contributed by atoms with Gasteiger partial charge < -0.3 is 4.90 Å². The number of rotatable bonds is 11. The highest BCUT2D eigenvalue weighted by Crippen LogP contribution is 2.28. The van der Waals surface area contributed by atoms with E-state index in [4.69, 9.17) is 0 Å². The van der Waals surface area contributed by atoms with Crippen molar-refractivity contribution < 1.29 is 0 Å². The first-order chi connectivity index (χ1) is 21.1. The summed E-state index contributed by atoms with van der Waals surface area (Å²) >= 11 is 0. The van der Waals surface area contributed by atoms with Crippen molar-refractivity contribution in [1.82, 2.24) is 4.90 Å². The van der Waals surface area contributed by atoms with Gasteiger partial charge >= 0.3 is 0 Å². The van der Waals surface area contributed by atoms with Crippen LogP contribution in [-0.4, -0.2) is 18.0 Å². The Balaban J connectivity index is 0.000000299. The van der Waals surface area contributed by atoms with Crippen molar-refractivity contribution in [1.29, 1.82) is 0 Å². The van der Waals surface area contributed by atoms with Gasteiger partial charge in [-0.15, -0.1) is 0 Å². The lowest BCUT2D eigenvalue weighted by molar-refractivity contribution is 0.384. The van der Waals surface area contributed by atoms with E-state index in [0.29, 0.717) is 0 Å². The van der Waals surface area contributed by atoms with Crippen molar-refractivity contribution in [2.24, 2.45) is 0 Å². The Kier molecular flexibility index (Phi) is 19.9. The Bertz CT molecular complexity index is 1200. The quantitative estimate of drug-likeness (QED) is 0.250. The average molecular weight is 596 g/mol. The third-order valence-corrected chi connectivity index (χ3v) is 8.57. The monoisotopic (exact) mass is 596 g/mol. The second-order valence-corrected chi connectivity index (χ2v) is 12.5. The van der Waals surface area contributed by atoms with E-state index in [1.807, 2.05) is 13.8 Å². The minimum atomic E-state index is 0.784. The summed E-state index contributed by atoms with van der Waals surface area (Å²) in [5.74, 6) is 0.784. The van der Waals surface area contributed by atoms with Gasteiger partial charge in [-0.05, 0) is 112 Å². The normalized spacial score (nSPS) is 13.3. The number of aryl methyl sites for hydroxylation is 3. The molecule has 44 heavy (non-hydrogen) atoms. The van der Waals surface area contributed by atoms with Gasteiger partial charge in [-0.25, -0.2) is 0 Å². The van der Waals surface area contributed by atoms with Crippen LogP contribution in [-0.2, 0) is 6.42 Å². The van der Waals surface area contributed by atoms with E-state index in [2.05, 4.69) is 127 Å². The molecule has 2 aliphatic rings. The molecule has 0 amide bonds. The Labute approximate surface area is 273 Å². The fourth-order valence-corrected chi connectivity index (χ4v) is 5.69. The van der Waals surface area contributed by atoms with Crippen LogP contribution < -0.4 is 0 Å². The molecule has 0 N–H and O–H groups in total. The van der Waals surface area contributed by atoms with Gasteiger partial charge in [0.25, 0.3) is 0 Å². The van der Waals surface area contributed by atoms with Crippen LogP contribution in [0.25, 0.3) is 5.57 Å². The second-order valence-electron chi connectivity index (χ2n) is 12.5. The SMILES string of the molecule is C=C(C)C1=CC=CC1.C=C(C)c1ccc(C)c(CC)c1.C=C1CCCN1CCCC.CCCC(CCC)c1ccccc1C. The number of allylic oxidation sites excluding steroid dienone is 7. The number of likely N-dealkylation sites (tertiary alicyclic amines) is 1. The highest BCUT2D eigenvalue weighted by atomic mass is 15.1. The van der Waals surface area contributed by atoms with Gasteiger partial charge in [-0.3, -0.25) is 0 Å². The molecule has 1 heterocycles. The van der Waals surface area contributed by atoms with E-state index in [1.165, 1.54) is 104 Å². The molecule has 1 saturated heterocycles. The van der Waals surface area contributed by atoms with Crippen molar-refractivity contribution in [3.8, 4) is 0 Å². The van der Waals surface area contributed by atoms with Crippen LogP contribution in [0, 0.1) is 13.8 Å². The molecule has 0 saturated carbocycles. The second kappa shape index (κ2) is 22.4. The highest BCUT2D eigenvalue weighted by Gasteiger charge is 2.13. The molecule has 1 fully saturated rings. The summed E-state index contributed by atoms with van der Waals surface area (Å²) in [5.41, 5.74) is 12.1. The van der Waals surface area contributed by atoms with Crippen LogP contribution in [0.2, 0.25) is 0 Å². The van der Waals surface area contributed by atoms with E-state index in [9.17, 15) is 0 Å². The fourth-order valence-electron chi connectivity index (χ4n) is 5.69. The zero-order valence-corrected chi connectivity index (χ0v) is 29.9. The summed E-state index contributed by atoms with van der Waals surface area (Å²) in [6.45, 7) is 31.7. The third kappa shape index (κ3) is 14.6. The van der Waals surface area contributed by atoms with Gasteiger partial charge in [-0.1, -0.05) is 139 Å². The molecule has 4 rings (SSSR count). The Morgan fingerprint density at radius 1 is 0.864 bits per heavy atom. The van der Waals surface area contributed by atoms with Crippen LogP contribution in [0.1, 0.15) is 133 Å². The third-order valence-electron chi connectivity index (χ3n) is 8.57. The van der Waals surface area contributed by atoms with E-state index < -0.39 is 0 Å². The lowest BCUT2D eigenvalue weighted by atomic mass is 9.88. The largest absolute Gasteiger partial charge is 0.375 e. The van der Waals surface area contributed by atoms with E-state index >= 15 is 0 Å². The summed E-state index contributed by atoms with van der Waals surface area (Å²) < 4.78 is 0. The first-order valence-corrected chi connectivity index (χ1v) is 17.3. The number of hydrogen-bond donors (Lipinski definition) is 0. The zero-order valence-electron chi connectivity index (χ0n) is 29.9. The van der Waals surface area contributed by atoms with Crippen LogP contribution in [0.5, 0.6) is 0 Å². The van der Waals surface area contributed by atoms with Gasteiger partial charge in [0.1, 0.15) is 0 Å². The van der Waals surface area contributed by atoms with Crippen LogP contribution in [0.15, 0.2) is 97.3 Å². The summed E-state index contributed by atoms with van der Waals surface area (Å²) in [4.78, 5) is 2.42. The van der Waals surface area contributed by atoms with E-state index in [-0.39, 0.29) is 0 Å². The zero-order chi connectivity index (χ0) is 32.9. The predicted octanol–water partition coefficient (Wildman–Crippen LogP) is 13.1. The van der Waals surface area contributed by atoms with E-state index in [1.54, 1.807) is 5.56 Å². The molecular weight excluding hydrogens is 530 g/mol. The van der Waals surface area contributed by atoms with Gasteiger partial charge in [0.15, 0.2) is 0 Å². The lowest BCUT2D eigenvalue weighted by Crippen LogP contribution is -2.17. The van der Waals surface area contributed by atoms with Crippen molar-refractivity contribution in [2.45, 2.75) is 126 Å². The van der Waals surface area contributed by atoms with Crippen LogP contribution in [0.4, 0.5) is 0 Å². The van der Waals surface area contributed by atoms with Gasteiger partial charge in [0.2, 0.25) is 0 Å². The molecule has 1 nitrogen and oxygen atoms in total. The van der Waals surface area contributed by atoms with Gasteiger partial charge in [0.05, 0.1) is 0 Å². The molecule has 0 bridgehead atoms. The molecule has 2 aromatic rings. The highest BCUT2D eigenvalue weighted by molar-refractivity contribution is 5.62. The molecule has 0 spiro atoms. The summed E-state index contributed by atoms with van der Waals surface area (Å²) in [7, 11) is 0. The molecule has 2 aromatic carbocycles. The fraction of sp³-hybridized carbons (Fsp3) is 0.488. The van der Waals surface area contributed by atoms with Crippen molar-refractivity contribution in [3.63, 3.8) is 0 Å².